The standard InChI is InChI=1S/C23H27ClN4O3S/c1-4-27(5-2)22(29)16-32-23-26-25-21(28(23)18-9-7-17(24)8-10-18)15-31-20-13-11-19(12-14-20)30-6-3/h7-14H,4-6,15-16H2,1-3H3. The van der Waals surface area contributed by atoms with Crippen LogP contribution in [0.1, 0.15) is 26.6 Å². The van der Waals surface area contributed by atoms with E-state index < -0.39 is 0 Å². The average Bonchev–Trinajstić information content (AvgIpc) is 3.21. The molecule has 7 nitrogen and oxygen atoms in total. The number of ether oxygens (including phenoxy) is 2. The van der Waals surface area contributed by atoms with Crippen LogP contribution in [0.5, 0.6) is 11.5 Å². The summed E-state index contributed by atoms with van der Waals surface area (Å²) in [6.45, 7) is 8.08. The molecule has 0 aliphatic heterocycles. The Labute approximate surface area is 197 Å². The van der Waals surface area contributed by atoms with Crippen molar-refractivity contribution in [3.63, 3.8) is 0 Å². The first-order valence-electron chi connectivity index (χ1n) is 10.5. The van der Waals surface area contributed by atoms with Crippen molar-refractivity contribution in [2.75, 3.05) is 25.4 Å². The van der Waals surface area contributed by atoms with E-state index in [1.54, 1.807) is 4.90 Å². The van der Waals surface area contributed by atoms with E-state index >= 15 is 0 Å². The predicted molar refractivity (Wildman–Crippen MR) is 127 cm³/mol. The van der Waals surface area contributed by atoms with E-state index in [4.69, 9.17) is 21.1 Å². The molecule has 9 heteroatoms. The van der Waals surface area contributed by atoms with Gasteiger partial charge in [0, 0.05) is 23.8 Å². The highest BCUT2D eigenvalue weighted by atomic mass is 35.5. The summed E-state index contributed by atoms with van der Waals surface area (Å²) in [6.07, 6.45) is 0. The molecule has 0 atom stereocenters. The van der Waals surface area contributed by atoms with Gasteiger partial charge >= 0.3 is 0 Å². The van der Waals surface area contributed by atoms with Crippen molar-refractivity contribution < 1.29 is 14.3 Å². The van der Waals surface area contributed by atoms with Gasteiger partial charge in [-0.3, -0.25) is 9.36 Å². The maximum atomic E-state index is 12.5. The summed E-state index contributed by atoms with van der Waals surface area (Å²) >= 11 is 7.42. The van der Waals surface area contributed by atoms with E-state index in [9.17, 15) is 4.79 Å². The van der Waals surface area contributed by atoms with Gasteiger partial charge in [0.25, 0.3) is 0 Å². The normalized spacial score (nSPS) is 10.8. The molecule has 0 aliphatic carbocycles. The molecule has 32 heavy (non-hydrogen) atoms. The number of halogens is 1. The van der Waals surface area contributed by atoms with Crippen molar-refractivity contribution in [3.05, 3.63) is 59.4 Å². The Balaban J connectivity index is 1.79. The molecule has 3 rings (SSSR count). The molecule has 0 fully saturated rings. The molecule has 2 aromatic carbocycles. The summed E-state index contributed by atoms with van der Waals surface area (Å²) in [6, 6.07) is 14.8. The molecule has 1 aromatic heterocycles. The molecule has 0 saturated carbocycles. The van der Waals surface area contributed by atoms with Crippen LogP contribution in [0.25, 0.3) is 5.69 Å². The van der Waals surface area contributed by atoms with E-state index in [-0.39, 0.29) is 18.3 Å². The van der Waals surface area contributed by atoms with Crippen molar-refractivity contribution in [1.82, 2.24) is 19.7 Å². The van der Waals surface area contributed by atoms with Gasteiger partial charge in [-0.1, -0.05) is 23.4 Å². The van der Waals surface area contributed by atoms with Gasteiger partial charge in [0.2, 0.25) is 5.91 Å². The fraction of sp³-hybridized carbons (Fsp3) is 0.348. The molecular formula is C23H27ClN4O3S. The molecule has 3 aromatic rings. The topological polar surface area (TPSA) is 69.5 Å². The minimum atomic E-state index is 0.0674. The lowest BCUT2D eigenvalue weighted by atomic mass is 10.3. The zero-order valence-electron chi connectivity index (χ0n) is 18.5. The first kappa shape index (κ1) is 23.9. The van der Waals surface area contributed by atoms with Crippen LogP contribution in [0.4, 0.5) is 0 Å². The zero-order chi connectivity index (χ0) is 22.9. The molecule has 1 heterocycles. The lowest BCUT2D eigenvalue weighted by Crippen LogP contribution is -2.31. The monoisotopic (exact) mass is 474 g/mol. The minimum absolute atomic E-state index is 0.0674. The maximum Gasteiger partial charge on any atom is 0.233 e. The number of hydrogen-bond donors (Lipinski definition) is 0. The second-order valence-corrected chi connectivity index (χ2v) is 8.14. The third-order valence-corrected chi connectivity index (χ3v) is 5.89. The number of amides is 1. The van der Waals surface area contributed by atoms with Crippen LogP contribution in [0.15, 0.2) is 53.7 Å². The van der Waals surface area contributed by atoms with Crippen LogP contribution < -0.4 is 9.47 Å². The summed E-state index contributed by atoms with van der Waals surface area (Å²) in [7, 11) is 0. The Hall–Kier alpha value is -2.71. The number of aromatic nitrogens is 3. The van der Waals surface area contributed by atoms with Gasteiger partial charge in [0.1, 0.15) is 18.1 Å². The van der Waals surface area contributed by atoms with Gasteiger partial charge in [-0.15, -0.1) is 10.2 Å². The number of nitrogens with zero attached hydrogens (tertiary/aromatic N) is 4. The maximum absolute atomic E-state index is 12.5. The smallest absolute Gasteiger partial charge is 0.233 e. The van der Waals surface area contributed by atoms with E-state index in [2.05, 4.69) is 10.2 Å². The Kier molecular flexibility index (Phi) is 8.81. The Bertz CT molecular complexity index is 1010. The number of carbonyl (C=O) groups excluding carboxylic acids is 1. The zero-order valence-corrected chi connectivity index (χ0v) is 20.0. The minimum Gasteiger partial charge on any atom is -0.494 e. The number of carbonyl (C=O) groups is 1. The molecule has 0 aliphatic rings. The fourth-order valence-electron chi connectivity index (χ4n) is 3.08. The van der Waals surface area contributed by atoms with E-state index in [1.807, 2.05) is 73.9 Å². The largest absolute Gasteiger partial charge is 0.494 e. The van der Waals surface area contributed by atoms with Crippen molar-refractivity contribution in [1.29, 1.82) is 0 Å². The molecular weight excluding hydrogens is 448 g/mol. The summed E-state index contributed by atoms with van der Waals surface area (Å²) in [5.74, 6) is 2.47. The van der Waals surface area contributed by atoms with Gasteiger partial charge in [-0.25, -0.2) is 0 Å². The fourth-order valence-corrected chi connectivity index (χ4v) is 4.08. The third kappa shape index (κ3) is 6.17. The van der Waals surface area contributed by atoms with Gasteiger partial charge in [-0.2, -0.15) is 0 Å². The number of hydrogen-bond acceptors (Lipinski definition) is 6. The molecule has 0 radical (unpaired) electrons. The first-order valence-corrected chi connectivity index (χ1v) is 11.9. The summed E-state index contributed by atoms with van der Waals surface area (Å²) in [5, 5.41) is 9.91. The highest BCUT2D eigenvalue weighted by Gasteiger charge is 2.18. The highest BCUT2D eigenvalue weighted by Crippen LogP contribution is 2.25. The SMILES string of the molecule is CCOc1ccc(OCc2nnc(SCC(=O)N(CC)CC)n2-c2ccc(Cl)cc2)cc1. The van der Waals surface area contributed by atoms with E-state index in [1.165, 1.54) is 11.8 Å². The molecule has 0 unspecified atom stereocenters. The second-order valence-electron chi connectivity index (χ2n) is 6.76. The van der Waals surface area contributed by atoms with Crippen molar-refractivity contribution in [2.45, 2.75) is 32.5 Å². The van der Waals surface area contributed by atoms with E-state index in [0.717, 1.165) is 11.4 Å². The van der Waals surface area contributed by atoms with Crippen molar-refractivity contribution >= 4 is 29.3 Å². The van der Waals surface area contributed by atoms with Gasteiger partial charge in [0.05, 0.1) is 12.4 Å². The van der Waals surface area contributed by atoms with Crippen LogP contribution in [-0.2, 0) is 11.4 Å². The number of thioether (sulfide) groups is 1. The van der Waals surface area contributed by atoms with Crippen LogP contribution in [-0.4, -0.2) is 51.0 Å². The van der Waals surface area contributed by atoms with Gasteiger partial charge in [-0.05, 0) is 69.3 Å². The molecule has 0 saturated heterocycles. The second kappa shape index (κ2) is 11.8. The van der Waals surface area contributed by atoms with Gasteiger partial charge < -0.3 is 14.4 Å². The Morgan fingerprint density at radius 2 is 1.59 bits per heavy atom. The van der Waals surface area contributed by atoms with Crippen molar-refractivity contribution in [2.24, 2.45) is 0 Å². The molecule has 0 bridgehead atoms. The van der Waals surface area contributed by atoms with Crippen LogP contribution in [0, 0.1) is 0 Å². The first-order chi connectivity index (χ1) is 15.5. The molecule has 0 spiro atoms. The average molecular weight is 475 g/mol. The van der Waals surface area contributed by atoms with E-state index in [0.29, 0.717) is 41.4 Å². The lowest BCUT2D eigenvalue weighted by molar-refractivity contribution is -0.127. The van der Waals surface area contributed by atoms with Crippen molar-refractivity contribution in [3.8, 4) is 17.2 Å². The molecule has 170 valence electrons. The van der Waals surface area contributed by atoms with Crippen LogP contribution >= 0.6 is 23.4 Å². The molecule has 1 amide bonds. The number of rotatable bonds is 11. The lowest BCUT2D eigenvalue weighted by Gasteiger charge is -2.18. The third-order valence-electron chi connectivity index (χ3n) is 4.73. The highest BCUT2D eigenvalue weighted by molar-refractivity contribution is 7.99. The summed E-state index contributed by atoms with van der Waals surface area (Å²) in [4.78, 5) is 14.3. The quantitative estimate of drug-likeness (QED) is 0.370. The summed E-state index contributed by atoms with van der Waals surface area (Å²) < 4.78 is 13.3. The predicted octanol–water partition coefficient (Wildman–Crippen LogP) is 4.86. The number of benzene rings is 2. The van der Waals surface area contributed by atoms with Crippen LogP contribution in [0.2, 0.25) is 5.02 Å². The summed E-state index contributed by atoms with van der Waals surface area (Å²) in [5.41, 5.74) is 0.850. The Morgan fingerprint density at radius 3 is 2.19 bits per heavy atom. The van der Waals surface area contributed by atoms with Gasteiger partial charge in [0.15, 0.2) is 11.0 Å². The van der Waals surface area contributed by atoms with Crippen LogP contribution in [0.3, 0.4) is 0 Å². The Morgan fingerprint density at radius 1 is 0.969 bits per heavy atom. The molecule has 0 N–H and O–H groups in total.